The van der Waals surface area contributed by atoms with Crippen molar-refractivity contribution < 1.29 is 14.4 Å². The van der Waals surface area contributed by atoms with Gasteiger partial charge in [0.05, 0.1) is 36.2 Å². The molecule has 1 fully saturated rings. The van der Waals surface area contributed by atoms with E-state index in [1.54, 1.807) is 0 Å². The number of hydrogen-bond donors (Lipinski definition) is 2. The lowest BCUT2D eigenvalue weighted by atomic mass is 10.2. The summed E-state index contributed by atoms with van der Waals surface area (Å²) in [4.78, 5) is 4.46. The molecule has 1 aliphatic rings. The van der Waals surface area contributed by atoms with Gasteiger partial charge in [-0.25, -0.2) is 4.39 Å². The van der Waals surface area contributed by atoms with Gasteiger partial charge in [0.25, 0.3) is 0 Å². The molecule has 0 aliphatic carbocycles. The Hall–Kier alpha value is -0.980. The molecule has 2 N–H and O–H groups in total. The van der Waals surface area contributed by atoms with Crippen LogP contribution in [0.3, 0.4) is 0 Å². The smallest absolute Gasteiger partial charge is 0.123 e. The Labute approximate surface area is 167 Å². The molecule has 0 amide bonds. The van der Waals surface area contributed by atoms with Crippen LogP contribution in [0.5, 0.6) is 0 Å². The molecule has 26 heavy (non-hydrogen) atoms. The quantitative estimate of drug-likeness (QED) is 0.710. The molecule has 0 aromatic heterocycles. The summed E-state index contributed by atoms with van der Waals surface area (Å²) in [6, 6.07) is 12.1. The maximum Gasteiger partial charge on any atom is 0.123 e. The number of rotatable bonds is 6. The Morgan fingerprint density at radius 1 is 1.08 bits per heavy atom. The molecular weight excluding hydrogens is 394 g/mol. The molecule has 1 heterocycles. The van der Waals surface area contributed by atoms with Gasteiger partial charge < -0.3 is 14.9 Å². The fraction of sp³-hybridized carbons (Fsp3) is 0.368. The summed E-state index contributed by atoms with van der Waals surface area (Å²) in [7, 11) is 0. The highest BCUT2D eigenvalue weighted by Crippen LogP contribution is 2.34. The highest BCUT2D eigenvalue weighted by molar-refractivity contribution is 7.99. The van der Waals surface area contributed by atoms with E-state index in [1.807, 2.05) is 30.3 Å². The van der Waals surface area contributed by atoms with Gasteiger partial charge in [0, 0.05) is 16.3 Å². The van der Waals surface area contributed by atoms with E-state index in [9.17, 15) is 9.50 Å². The van der Waals surface area contributed by atoms with E-state index in [1.165, 1.54) is 28.8 Å². The van der Waals surface area contributed by atoms with Gasteiger partial charge in [0.2, 0.25) is 0 Å². The second-order valence-corrected chi connectivity index (χ2v) is 8.28. The second kappa shape index (κ2) is 9.29. The first-order chi connectivity index (χ1) is 12.5. The van der Waals surface area contributed by atoms with Crippen LogP contribution in [-0.2, 0) is 0 Å². The third-order valence-electron chi connectivity index (χ3n) is 4.53. The number of thioether (sulfide) groups is 1. The minimum atomic E-state index is -0.417. The van der Waals surface area contributed by atoms with Crippen LogP contribution in [-0.4, -0.2) is 49.7 Å². The van der Waals surface area contributed by atoms with Crippen molar-refractivity contribution in [3.05, 3.63) is 58.3 Å². The maximum absolute atomic E-state index is 13.0. The third kappa shape index (κ3) is 5.27. The van der Waals surface area contributed by atoms with Crippen LogP contribution in [0.1, 0.15) is 0 Å². The predicted octanol–water partition coefficient (Wildman–Crippen LogP) is 2.99. The molecule has 1 aliphatic heterocycles. The summed E-state index contributed by atoms with van der Waals surface area (Å²) in [5.74, 6) is 0.353. The summed E-state index contributed by atoms with van der Waals surface area (Å²) >= 11 is 13.8. The fourth-order valence-electron chi connectivity index (χ4n) is 3.13. The summed E-state index contributed by atoms with van der Waals surface area (Å²) in [6.07, 6.45) is -0.417. The lowest BCUT2D eigenvalue weighted by Gasteiger charge is -2.34. The van der Waals surface area contributed by atoms with Gasteiger partial charge in [-0.1, -0.05) is 29.3 Å². The molecule has 2 aromatic rings. The predicted molar refractivity (Wildman–Crippen MR) is 107 cm³/mol. The summed E-state index contributed by atoms with van der Waals surface area (Å²) in [5, 5.41) is 11.6. The molecular formula is C19H22Cl2FN2OS+. The van der Waals surface area contributed by atoms with E-state index in [4.69, 9.17) is 23.2 Å². The molecule has 0 saturated carbocycles. The van der Waals surface area contributed by atoms with Crippen molar-refractivity contribution in [2.24, 2.45) is 0 Å². The SMILES string of the molecule is O[C@@H](CSc1c(Cl)cccc1Cl)C[NH+]1CCN(c2ccc(F)cc2)CC1. The molecule has 3 nitrogen and oxygen atoms in total. The zero-order valence-corrected chi connectivity index (χ0v) is 16.6. The molecule has 1 atom stereocenters. The van der Waals surface area contributed by atoms with Gasteiger partial charge >= 0.3 is 0 Å². The Kier molecular flexibility index (Phi) is 7.06. The van der Waals surface area contributed by atoms with Gasteiger partial charge in [-0.3, -0.25) is 0 Å². The number of anilines is 1. The van der Waals surface area contributed by atoms with E-state index in [-0.39, 0.29) is 5.82 Å². The van der Waals surface area contributed by atoms with Crippen molar-refractivity contribution >= 4 is 40.7 Å². The normalized spacial score (nSPS) is 16.7. The van der Waals surface area contributed by atoms with Gasteiger partial charge in [-0.2, -0.15) is 0 Å². The lowest BCUT2D eigenvalue weighted by molar-refractivity contribution is -0.903. The largest absolute Gasteiger partial charge is 0.386 e. The molecule has 0 bridgehead atoms. The van der Waals surface area contributed by atoms with Crippen LogP contribution in [0, 0.1) is 5.82 Å². The maximum atomic E-state index is 13.0. The first-order valence-electron chi connectivity index (χ1n) is 8.62. The summed E-state index contributed by atoms with van der Waals surface area (Å²) < 4.78 is 13.0. The first-order valence-corrected chi connectivity index (χ1v) is 10.4. The van der Waals surface area contributed by atoms with Crippen molar-refractivity contribution in [3.63, 3.8) is 0 Å². The Morgan fingerprint density at radius 2 is 1.69 bits per heavy atom. The molecule has 140 valence electrons. The third-order valence-corrected chi connectivity index (χ3v) is 6.66. The first kappa shape index (κ1) is 19.8. The number of aliphatic hydroxyl groups excluding tert-OH is 1. The molecule has 0 radical (unpaired) electrons. The average molecular weight is 416 g/mol. The Balaban J connectivity index is 1.44. The minimum absolute atomic E-state index is 0.211. The zero-order valence-electron chi connectivity index (χ0n) is 14.3. The zero-order chi connectivity index (χ0) is 18.5. The number of piperazine rings is 1. The van der Waals surface area contributed by atoms with Crippen LogP contribution in [0.15, 0.2) is 47.4 Å². The van der Waals surface area contributed by atoms with Gasteiger partial charge in [-0.15, -0.1) is 11.8 Å². The van der Waals surface area contributed by atoms with Crippen molar-refractivity contribution in [1.82, 2.24) is 0 Å². The number of nitrogens with one attached hydrogen (secondary N) is 1. The molecule has 7 heteroatoms. The van der Waals surface area contributed by atoms with Crippen LogP contribution in [0.25, 0.3) is 0 Å². The van der Waals surface area contributed by atoms with Crippen molar-refractivity contribution in [1.29, 1.82) is 0 Å². The molecule has 1 saturated heterocycles. The Morgan fingerprint density at radius 3 is 2.31 bits per heavy atom. The molecule has 3 rings (SSSR count). The number of quaternary nitrogens is 1. The highest BCUT2D eigenvalue weighted by atomic mass is 35.5. The van der Waals surface area contributed by atoms with Crippen molar-refractivity contribution in [3.8, 4) is 0 Å². The number of benzene rings is 2. The highest BCUT2D eigenvalue weighted by Gasteiger charge is 2.23. The minimum Gasteiger partial charge on any atom is -0.386 e. The number of nitrogens with zero attached hydrogens (tertiary/aromatic N) is 1. The molecule has 0 spiro atoms. The summed E-state index contributed by atoms with van der Waals surface area (Å²) in [6.45, 7) is 4.40. The summed E-state index contributed by atoms with van der Waals surface area (Å²) in [5.41, 5.74) is 1.05. The van der Waals surface area contributed by atoms with Gasteiger partial charge in [0.15, 0.2) is 0 Å². The van der Waals surface area contributed by atoms with E-state index >= 15 is 0 Å². The van der Waals surface area contributed by atoms with Gasteiger partial charge in [-0.05, 0) is 36.4 Å². The van der Waals surface area contributed by atoms with Crippen molar-refractivity contribution in [2.45, 2.75) is 11.0 Å². The van der Waals surface area contributed by atoms with Crippen molar-refractivity contribution in [2.75, 3.05) is 43.4 Å². The lowest BCUT2D eigenvalue weighted by Crippen LogP contribution is -3.15. The molecule has 0 unspecified atom stereocenters. The number of aliphatic hydroxyl groups is 1. The molecule has 2 aromatic carbocycles. The number of halogens is 3. The van der Waals surface area contributed by atoms with Crippen LogP contribution in [0.4, 0.5) is 10.1 Å². The van der Waals surface area contributed by atoms with E-state index in [2.05, 4.69) is 4.90 Å². The van der Waals surface area contributed by atoms with E-state index in [0.29, 0.717) is 22.3 Å². The second-order valence-electron chi connectivity index (χ2n) is 6.43. The van der Waals surface area contributed by atoms with E-state index < -0.39 is 6.10 Å². The number of hydrogen-bond acceptors (Lipinski definition) is 3. The van der Waals surface area contributed by atoms with Gasteiger partial charge in [0.1, 0.15) is 18.5 Å². The standard InChI is InChI=1S/C19H21Cl2FN2OS/c20-17-2-1-3-18(21)19(17)26-13-16(25)12-23-8-10-24(11-9-23)15-6-4-14(22)5-7-15/h1-7,16,25H,8-13H2/p+1/t16-/m1/s1. The fourth-order valence-corrected chi connectivity index (χ4v) is 4.74. The average Bonchev–Trinajstić information content (AvgIpc) is 2.63. The topological polar surface area (TPSA) is 27.9 Å². The van der Waals surface area contributed by atoms with Crippen LogP contribution in [0.2, 0.25) is 10.0 Å². The Bertz CT molecular complexity index is 704. The van der Waals surface area contributed by atoms with Crippen LogP contribution < -0.4 is 9.80 Å². The monoisotopic (exact) mass is 415 g/mol. The van der Waals surface area contributed by atoms with E-state index in [0.717, 1.165) is 36.8 Å². The van der Waals surface area contributed by atoms with Crippen LogP contribution >= 0.6 is 35.0 Å².